The molecule has 0 saturated carbocycles. The molecule has 3 rings (SSSR count). The van der Waals surface area contributed by atoms with Gasteiger partial charge < -0.3 is 15.2 Å². The number of methoxy groups -OCH3 is 1. The van der Waals surface area contributed by atoms with Crippen molar-refractivity contribution in [2.45, 2.75) is 25.0 Å². The minimum absolute atomic E-state index is 0.0993. The second-order valence-corrected chi connectivity index (χ2v) is 5.05. The zero-order valence-corrected chi connectivity index (χ0v) is 11.3. The van der Waals surface area contributed by atoms with Gasteiger partial charge in [0, 0.05) is 6.61 Å². The summed E-state index contributed by atoms with van der Waals surface area (Å²) in [4.78, 5) is 6.53. The van der Waals surface area contributed by atoms with Crippen molar-refractivity contribution in [1.29, 1.82) is 0 Å². The number of anilines is 1. The molecule has 2 atom stereocenters. The Morgan fingerprint density at radius 2 is 2.26 bits per heavy atom. The first-order valence-corrected chi connectivity index (χ1v) is 6.54. The fourth-order valence-electron chi connectivity index (χ4n) is 3.04. The molecular weight excluding hydrogens is 242 g/mol. The summed E-state index contributed by atoms with van der Waals surface area (Å²) in [7, 11) is 1.67. The van der Waals surface area contributed by atoms with E-state index >= 15 is 0 Å². The molecule has 2 aliphatic heterocycles. The Kier molecular flexibility index (Phi) is 2.86. The van der Waals surface area contributed by atoms with E-state index in [1.165, 1.54) is 0 Å². The predicted molar refractivity (Wildman–Crippen MR) is 74.7 cm³/mol. The number of aliphatic imine (C=N–C) groups is 1. The van der Waals surface area contributed by atoms with Crippen LogP contribution in [0.4, 0.5) is 5.69 Å². The quantitative estimate of drug-likeness (QED) is 0.873. The molecule has 2 aliphatic rings. The van der Waals surface area contributed by atoms with Crippen LogP contribution < -0.4 is 15.4 Å². The van der Waals surface area contributed by atoms with Gasteiger partial charge >= 0.3 is 0 Å². The highest BCUT2D eigenvalue weighted by atomic mass is 16.5. The van der Waals surface area contributed by atoms with E-state index in [0.717, 1.165) is 24.5 Å². The van der Waals surface area contributed by atoms with E-state index in [1.807, 2.05) is 24.3 Å². The lowest BCUT2D eigenvalue weighted by atomic mass is 9.90. The third-order valence-corrected chi connectivity index (χ3v) is 4.17. The average molecular weight is 261 g/mol. The molecule has 1 aromatic rings. The predicted octanol–water partition coefficient (Wildman–Crippen LogP) is 1.38. The highest BCUT2D eigenvalue weighted by molar-refractivity contribution is 5.99. The summed E-state index contributed by atoms with van der Waals surface area (Å²) in [6.45, 7) is 3.51. The number of para-hydroxylation sites is 2. The van der Waals surface area contributed by atoms with Gasteiger partial charge in [0.25, 0.3) is 0 Å². The number of rotatable bonds is 2. The Bertz CT molecular complexity index is 517. The van der Waals surface area contributed by atoms with Gasteiger partial charge in [-0.3, -0.25) is 9.89 Å². The summed E-state index contributed by atoms with van der Waals surface area (Å²) in [5.41, 5.74) is 6.91. The van der Waals surface area contributed by atoms with E-state index in [4.69, 9.17) is 15.2 Å². The highest BCUT2D eigenvalue weighted by Crippen LogP contribution is 2.42. The third-order valence-electron chi connectivity index (χ3n) is 4.17. The SMILES string of the molecule is COc1ccccc1N1C(N)=NCC12CCOC2C. The summed E-state index contributed by atoms with van der Waals surface area (Å²) >= 11 is 0. The second kappa shape index (κ2) is 4.42. The molecule has 2 heterocycles. The maximum absolute atomic E-state index is 6.12. The molecule has 1 fully saturated rings. The van der Waals surface area contributed by atoms with E-state index in [2.05, 4.69) is 16.8 Å². The highest BCUT2D eigenvalue weighted by Gasteiger charge is 2.51. The lowest BCUT2D eigenvalue weighted by molar-refractivity contribution is 0.100. The van der Waals surface area contributed by atoms with E-state index in [9.17, 15) is 0 Å². The van der Waals surface area contributed by atoms with Gasteiger partial charge in [-0.05, 0) is 25.5 Å². The van der Waals surface area contributed by atoms with Crippen LogP contribution in [0.15, 0.2) is 29.3 Å². The topological polar surface area (TPSA) is 60.1 Å². The molecule has 0 aliphatic carbocycles. The maximum atomic E-state index is 6.12. The first kappa shape index (κ1) is 12.3. The molecule has 1 aromatic carbocycles. The summed E-state index contributed by atoms with van der Waals surface area (Å²) in [5.74, 6) is 1.35. The van der Waals surface area contributed by atoms with Crippen LogP contribution in [0.2, 0.25) is 0 Å². The molecule has 0 amide bonds. The molecule has 0 radical (unpaired) electrons. The van der Waals surface area contributed by atoms with Gasteiger partial charge in [-0.1, -0.05) is 12.1 Å². The Balaban J connectivity index is 2.08. The molecule has 1 spiro atoms. The van der Waals surface area contributed by atoms with Crippen LogP contribution in [0.1, 0.15) is 13.3 Å². The van der Waals surface area contributed by atoms with E-state index in [1.54, 1.807) is 7.11 Å². The van der Waals surface area contributed by atoms with E-state index in [0.29, 0.717) is 12.5 Å². The number of hydrogen-bond acceptors (Lipinski definition) is 5. The van der Waals surface area contributed by atoms with E-state index in [-0.39, 0.29) is 11.6 Å². The van der Waals surface area contributed by atoms with Gasteiger partial charge in [-0.25, -0.2) is 0 Å². The Morgan fingerprint density at radius 1 is 1.47 bits per heavy atom. The number of hydrogen-bond donors (Lipinski definition) is 1. The Morgan fingerprint density at radius 3 is 2.95 bits per heavy atom. The number of ether oxygens (including phenoxy) is 2. The van der Waals surface area contributed by atoms with Crippen LogP contribution in [0.5, 0.6) is 5.75 Å². The summed E-state index contributed by atoms with van der Waals surface area (Å²) in [6, 6.07) is 7.89. The average Bonchev–Trinajstić information content (AvgIpc) is 2.95. The minimum Gasteiger partial charge on any atom is -0.495 e. The summed E-state index contributed by atoms with van der Waals surface area (Å²) in [5, 5.41) is 0. The van der Waals surface area contributed by atoms with Crippen molar-refractivity contribution in [3.8, 4) is 5.75 Å². The molecule has 2 N–H and O–H groups in total. The minimum atomic E-state index is -0.168. The van der Waals surface area contributed by atoms with Gasteiger partial charge in [0.2, 0.25) is 0 Å². The normalized spacial score (nSPS) is 29.9. The van der Waals surface area contributed by atoms with Crippen LogP contribution in [0.25, 0.3) is 0 Å². The molecule has 1 saturated heterocycles. The van der Waals surface area contributed by atoms with Crippen LogP contribution >= 0.6 is 0 Å². The number of nitrogens with zero attached hydrogens (tertiary/aromatic N) is 2. The number of guanidine groups is 1. The van der Waals surface area contributed by atoms with Gasteiger partial charge in [-0.15, -0.1) is 0 Å². The number of benzene rings is 1. The molecule has 5 heteroatoms. The molecule has 0 aromatic heterocycles. The van der Waals surface area contributed by atoms with Crippen molar-refractivity contribution in [2.24, 2.45) is 10.7 Å². The van der Waals surface area contributed by atoms with Gasteiger partial charge in [0.15, 0.2) is 5.96 Å². The smallest absolute Gasteiger partial charge is 0.196 e. The van der Waals surface area contributed by atoms with Crippen LogP contribution in [-0.2, 0) is 4.74 Å². The van der Waals surface area contributed by atoms with E-state index < -0.39 is 0 Å². The third kappa shape index (κ3) is 1.69. The van der Waals surface area contributed by atoms with Crippen molar-refractivity contribution in [1.82, 2.24) is 0 Å². The van der Waals surface area contributed by atoms with Crippen LogP contribution in [0.3, 0.4) is 0 Å². The van der Waals surface area contributed by atoms with Gasteiger partial charge in [0.05, 0.1) is 31.0 Å². The van der Waals surface area contributed by atoms with Crippen LogP contribution in [-0.4, -0.2) is 37.9 Å². The first-order chi connectivity index (χ1) is 9.19. The molecule has 0 bridgehead atoms. The summed E-state index contributed by atoms with van der Waals surface area (Å²) in [6.07, 6.45) is 1.03. The standard InChI is InChI=1S/C14H19N3O2/c1-10-14(7-8-19-10)9-16-13(15)17(14)11-5-3-4-6-12(11)18-2/h3-6,10H,7-9H2,1-2H3,(H2,15,16). The van der Waals surface area contributed by atoms with Crippen molar-refractivity contribution in [2.75, 3.05) is 25.2 Å². The molecular formula is C14H19N3O2. The van der Waals surface area contributed by atoms with Gasteiger partial charge in [0.1, 0.15) is 5.75 Å². The monoisotopic (exact) mass is 261 g/mol. The molecule has 19 heavy (non-hydrogen) atoms. The van der Waals surface area contributed by atoms with Crippen LogP contribution in [0, 0.1) is 0 Å². The van der Waals surface area contributed by atoms with Crippen molar-refractivity contribution >= 4 is 11.6 Å². The fraction of sp³-hybridized carbons (Fsp3) is 0.500. The van der Waals surface area contributed by atoms with Gasteiger partial charge in [-0.2, -0.15) is 0 Å². The fourth-order valence-corrected chi connectivity index (χ4v) is 3.04. The van der Waals surface area contributed by atoms with Crippen molar-refractivity contribution < 1.29 is 9.47 Å². The lowest BCUT2D eigenvalue weighted by Gasteiger charge is -2.38. The zero-order chi connectivity index (χ0) is 13.5. The lowest BCUT2D eigenvalue weighted by Crippen LogP contribution is -2.56. The Labute approximate surface area is 113 Å². The first-order valence-electron chi connectivity index (χ1n) is 6.54. The molecule has 102 valence electrons. The van der Waals surface area contributed by atoms with Crippen molar-refractivity contribution in [3.05, 3.63) is 24.3 Å². The molecule has 5 nitrogen and oxygen atoms in total. The number of nitrogens with two attached hydrogens (primary N) is 1. The molecule has 2 unspecified atom stereocenters. The zero-order valence-electron chi connectivity index (χ0n) is 11.3. The maximum Gasteiger partial charge on any atom is 0.196 e. The largest absolute Gasteiger partial charge is 0.495 e. The summed E-state index contributed by atoms with van der Waals surface area (Å²) < 4.78 is 11.2. The second-order valence-electron chi connectivity index (χ2n) is 5.05. The Hall–Kier alpha value is -1.75. The van der Waals surface area contributed by atoms with Crippen molar-refractivity contribution in [3.63, 3.8) is 0 Å².